The standard InChI is InChI=1S/C29H37ClNO2/c30-26-12-8-9-23(21-26)13-18-31-19-14-24(15-20-31)27(22-31)33-28(32)29(16-6-1-2-7-17-29)25-10-4-3-5-11-25/h3-5,8-12,21,24,27H,1-2,6-7,13-20,22H2/q+1/t24?,27-,31?/m0/s1. The summed E-state index contributed by atoms with van der Waals surface area (Å²) in [5, 5.41) is 0.811. The lowest BCUT2D eigenvalue weighted by molar-refractivity contribution is -0.946. The summed E-state index contributed by atoms with van der Waals surface area (Å²) >= 11 is 6.21. The molecule has 3 aliphatic heterocycles. The largest absolute Gasteiger partial charge is 0.455 e. The van der Waals surface area contributed by atoms with Crippen LogP contribution in [0.3, 0.4) is 0 Å². The number of hydrogen-bond acceptors (Lipinski definition) is 2. The average molecular weight is 467 g/mol. The van der Waals surface area contributed by atoms with Crippen molar-refractivity contribution in [3.05, 3.63) is 70.7 Å². The highest BCUT2D eigenvalue weighted by atomic mass is 35.5. The van der Waals surface area contributed by atoms with Crippen LogP contribution >= 0.6 is 11.6 Å². The van der Waals surface area contributed by atoms with Crippen LogP contribution in [0.2, 0.25) is 5.02 Å². The number of halogens is 1. The number of hydrogen-bond donors (Lipinski definition) is 0. The molecule has 4 fully saturated rings. The zero-order valence-electron chi connectivity index (χ0n) is 19.7. The van der Waals surface area contributed by atoms with Crippen molar-refractivity contribution >= 4 is 17.6 Å². The molecule has 1 aliphatic carbocycles. The van der Waals surface area contributed by atoms with Gasteiger partial charge in [-0.25, -0.2) is 0 Å². The molecule has 2 aromatic rings. The van der Waals surface area contributed by atoms with E-state index in [1.807, 2.05) is 18.2 Å². The maximum absolute atomic E-state index is 13.9. The van der Waals surface area contributed by atoms with Crippen molar-refractivity contribution in [3.63, 3.8) is 0 Å². The number of nitrogens with zero attached hydrogens (tertiary/aromatic N) is 1. The maximum atomic E-state index is 13.9. The zero-order valence-corrected chi connectivity index (χ0v) is 20.4. The minimum atomic E-state index is -0.463. The molecule has 0 N–H and O–H groups in total. The quantitative estimate of drug-likeness (QED) is 0.282. The smallest absolute Gasteiger partial charge is 0.317 e. The molecule has 3 saturated heterocycles. The van der Waals surface area contributed by atoms with Gasteiger partial charge in [0.05, 0.1) is 25.0 Å². The Kier molecular flexibility index (Phi) is 6.81. The van der Waals surface area contributed by atoms with Crippen LogP contribution in [0.15, 0.2) is 54.6 Å². The van der Waals surface area contributed by atoms with E-state index in [0.717, 1.165) is 60.3 Å². The van der Waals surface area contributed by atoms with E-state index in [1.165, 1.54) is 44.3 Å². The summed E-state index contributed by atoms with van der Waals surface area (Å²) in [7, 11) is 0. The molecule has 176 valence electrons. The minimum absolute atomic E-state index is 0.0438. The highest BCUT2D eigenvalue weighted by Crippen LogP contribution is 2.42. The fourth-order valence-corrected chi connectivity index (χ4v) is 6.89. The normalized spacial score (nSPS) is 28.8. The van der Waals surface area contributed by atoms with Crippen molar-refractivity contribution in [2.24, 2.45) is 5.92 Å². The lowest BCUT2D eigenvalue weighted by Gasteiger charge is -2.52. The topological polar surface area (TPSA) is 26.3 Å². The van der Waals surface area contributed by atoms with E-state index in [0.29, 0.717) is 5.92 Å². The van der Waals surface area contributed by atoms with Gasteiger partial charge in [0.2, 0.25) is 0 Å². The summed E-state index contributed by atoms with van der Waals surface area (Å²) in [5.74, 6) is 0.570. The maximum Gasteiger partial charge on any atom is 0.317 e. The molecule has 0 unspecified atom stereocenters. The van der Waals surface area contributed by atoms with Crippen LogP contribution in [0.4, 0.5) is 0 Å². The lowest BCUT2D eigenvalue weighted by atomic mass is 9.74. The first-order valence-corrected chi connectivity index (χ1v) is 13.3. The van der Waals surface area contributed by atoms with Crippen molar-refractivity contribution in [3.8, 4) is 0 Å². The Morgan fingerprint density at radius 3 is 2.39 bits per heavy atom. The monoisotopic (exact) mass is 466 g/mol. The molecule has 3 nitrogen and oxygen atoms in total. The molecule has 3 heterocycles. The molecule has 2 bridgehead atoms. The fraction of sp³-hybridized carbons (Fsp3) is 0.552. The third-order valence-corrected chi connectivity index (χ3v) is 8.97. The Balaban J connectivity index is 1.31. The number of carbonyl (C=O) groups excluding carboxylic acids is 1. The number of piperidine rings is 3. The van der Waals surface area contributed by atoms with Crippen molar-refractivity contribution < 1.29 is 14.0 Å². The highest BCUT2D eigenvalue weighted by Gasteiger charge is 2.50. The number of carbonyl (C=O) groups is 1. The van der Waals surface area contributed by atoms with Gasteiger partial charge in [0.15, 0.2) is 6.10 Å². The third kappa shape index (κ3) is 4.86. The summed E-state index contributed by atoms with van der Waals surface area (Å²) in [5.41, 5.74) is 2.00. The van der Waals surface area contributed by atoms with Gasteiger partial charge in [0, 0.05) is 30.2 Å². The van der Waals surface area contributed by atoms with Gasteiger partial charge >= 0.3 is 5.97 Å². The summed E-state index contributed by atoms with van der Waals surface area (Å²) in [6.45, 7) is 4.50. The zero-order chi connectivity index (χ0) is 22.7. The summed E-state index contributed by atoms with van der Waals surface area (Å²) in [4.78, 5) is 13.9. The second kappa shape index (κ2) is 9.80. The van der Waals surface area contributed by atoms with Crippen LogP contribution < -0.4 is 0 Å². The number of esters is 1. The van der Waals surface area contributed by atoms with Gasteiger partial charge in [0.1, 0.15) is 6.54 Å². The Morgan fingerprint density at radius 1 is 0.970 bits per heavy atom. The van der Waals surface area contributed by atoms with Crippen LogP contribution in [0.5, 0.6) is 0 Å². The van der Waals surface area contributed by atoms with Crippen molar-refractivity contribution in [2.75, 3.05) is 26.2 Å². The Bertz CT molecular complexity index is 943. The van der Waals surface area contributed by atoms with Gasteiger partial charge in [-0.2, -0.15) is 0 Å². The van der Waals surface area contributed by atoms with Gasteiger partial charge in [-0.15, -0.1) is 0 Å². The third-order valence-electron chi connectivity index (χ3n) is 8.74. The summed E-state index contributed by atoms with van der Waals surface area (Å²) in [6, 6.07) is 18.7. The molecule has 1 saturated carbocycles. The molecule has 4 heteroatoms. The van der Waals surface area contributed by atoms with E-state index in [2.05, 4.69) is 36.4 Å². The molecular formula is C29H37ClNO2+. The Morgan fingerprint density at radius 2 is 1.70 bits per heavy atom. The molecule has 4 aliphatic rings. The van der Waals surface area contributed by atoms with E-state index in [4.69, 9.17) is 16.3 Å². The van der Waals surface area contributed by atoms with E-state index >= 15 is 0 Å². The first kappa shape index (κ1) is 22.9. The molecule has 0 amide bonds. The molecule has 2 aromatic carbocycles. The van der Waals surface area contributed by atoms with Crippen LogP contribution in [0.25, 0.3) is 0 Å². The van der Waals surface area contributed by atoms with Gasteiger partial charge in [-0.3, -0.25) is 4.79 Å². The van der Waals surface area contributed by atoms with E-state index < -0.39 is 5.41 Å². The highest BCUT2D eigenvalue weighted by molar-refractivity contribution is 6.30. The predicted octanol–water partition coefficient (Wildman–Crippen LogP) is 6.33. The first-order chi connectivity index (χ1) is 16.1. The molecule has 1 atom stereocenters. The van der Waals surface area contributed by atoms with E-state index in [9.17, 15) is 4.79 Å². The Hall–Kier alpha value is -1.84. The SMILES string of the molecule is O=C(O[C@H]1C[N+]2(CCc3cccc(Cl)c3)CCC1CC2)C1(c2ccccc2)CCCCCC1. The number of rotatable bonds is 6. The van der Waals surface area contributed by atoms with Gasteiger partial charge in [-0.05, 0) is 36.1 Å². The predicted molar refractivity (Wildman–Crippen MR) is 133 cm³/mol. The minimum Gasteiger partial charge on any atom is -0.455 e. The number of benzene rings is 2. The number of ether oxygens (including phenoxy) is 1. The molecule has 6 rings (SSSR count). The lowest BCUT2D eigenvalue weighted by Crippen LogP contribution is -2.65. The van der Waals surface area contributed by atoms with Gasteiger partial charge < -0.3 is 9.22 Å². The van der Waals surface area contributed by atoms with Crippen LogP contribution in [0.1, 0.15) is 62.5 Å². The average Bonchev–Trinajstić information content (AvgIpc) is 3.12. The molecule has 0 radical (unpaired) electrons. The Labute approximate surface area is 203 Å². The summed E-state index contributed by atoms with van der Waals surface area (Å²) in [6.07, 6.45) is 9.93. The second-order valence-corrected chi connectivity index (χ2v) is 11.2. The molecule has 0 aromatic heterocycles. The fourth-order valence-electron chi connectivity index (χ4n) is 6.68. The first-order valence-electron chi connectivity index (χ1n) is 12.9. The van der Waals surface area contributed by atoms with Crippen molar-refractivity contribution in [1.29, 1.82) is 0 Å². The van der Waals surface area contributed by atoms with Crippen LogP contribution in [0, 0.1) is 5.92 Å². The molecular weight excluding hydrogens is 430 g/mol. The van der Waals surface area contributed by atoms with Gasteiger partial charge in [-0.1, -0.05) is 79.7 Å². The number of fused-ring (bicyclic) bond motifs is 3. The van der Waals surface area contributed by atoms with Crippen LogP contribution in [-0.4, -0.2) is 42.7 Å². The number of quaternary nitrogens is 1. The van der Waals surface area contributed by atoms with E-state index in [-0.39, 0.29) is 12.1 Å². The van der Waals surface area contributed by atoms with E-state index in [1.54, 1.807) is 0 Å². The van der Waals surface area contributed by atoms with Crippen LogP contribution in [-0.2, 0) is 21.4 Å². The van der Waals surface area contributed by atoms with Crippen molar-refractivity contribution in [1.82, 2.24) is 0 Å². The van der Waals surface area contributed by atoms with Gasteiger partial charge in [0.25, 0.3) is 0 Å². The molecule has 0 spiro atoms. The van der Waals surface area contributed by atoms with Crippen molar-refractivity contribution in [2.45, 2.75) is 69.3 Å². The summed E-state index contributed by atoms with van der Waals surface area (Å²) < 4.78 is 7.58. The molecule has 33 heavy (non-hydrogen) atoms. The second-order valence-electron chi connectivity index (χ2n) is 10.7.